The molecule has 5 heteroatoms. The number of aliphatic imine (C=N–C) groups is 2. The fraction of sp³-hybridized carbons (Fsp3) is 0.0233. The molecular weight excluding hydrogens is 605 g/mol. The maximum absolute atomic E-state index is 5.32. The van der Waals surface area contributed by atoms with Crippen molar-refractivity contribution in [2.24, 2.45) is 9.98 Å². The lowest BCUT2D eigenvalue weighted by Crippen LogP contribution is -2.36. The van der Waals surface area contributed by atoms with E-state index in [9.17, 15) is 0 Å². The lowest BCUT2D eigenvalue weighted by molar-refractivity contribution is 0.763. The summed E-state index contributed by atoms with van der Waals surface area (Å²) in [6.45, 7) is 0. The number of rotatable bonds is 4. The molecule has 0 radical (unpaired) electrons. The van der Waals surface area contributed by atoms with Crippen molar-refractivity contribution in [2.45, 2.75) is 6.17 Å². The number of fused-ring (bicyclic) bond motifs is 7. The molecule has 9 aromatic rings. The molecule has 10 rings (SSSR count). The molecule has 1 aliphatic rings. The molecule has 0 saturated carbocycles. The highest BCUT2D eigenvalue weighted by Gasteiger charge is 2.24. The van der Waals surface area contributed by atoms with Gasteiger partial charge in [0, 0.05) is 53.3 Å². The number of amidine groups is 2. The summed E-state index contributed by atoms with van der Waals surface area (Å²) >= 11 is 1.82. The smallest absolute Gasteiger partial charge is 0.171 e. The summed E-state index contributed by atoms with van der Waals surface area (Å²) in [6, 6.07) is 56.1. The van der Waals surface area contributed by atoms with Gasteiger partial charge in [0.15, 0.2) is 6.17 Å². The first-order chi connectivity index (χ1) is 23.8. The number of hydrogen-bond acceptors (Lipinski definition) is 4. The predicted octanol–water partition coefficient (Wildman–Crippen LogP) is 10.8. The number of nitrogens with zero attached hydrogens (tertiary/aromatic N) is 3. The van der Waals surface area contributed by atoms with E-state index in [2.05, 4.69) is 162 Å². The van der Waals surface area contributed by atoms with E-state index >= 15 is 0 Å². The van der Waals surface area contributed by atoms with E-state index < -0.39 is 6.17 Å². The van der Waals surface area contributed by atoms with Gasteiger partial charge >= 0.3 is 0 Å². The van der Waals surface area contributed by atoms with Crippen molar-refractivity contribution in [1.29, 1.82) is 0 Å². The van der Waals surface area contributed by atoms with Crippen LogP contribution in [-0.4, -0.2) is 16.2 Å². The van der Waals surface area contributed by atoms with Gasteiger partial charge < -0.3 is 9.88 Å². The van der Waals surface area contributed by atoms with Gasteiger partial charge in [0.2, 0.25) is 0 Å². The first-order valence-electron chi connectivity index (χ1n) is 16.2. The quantitative estimate of drug-likeness (QED) is 0.206. The second-order valence-electron chi connectivity index (χ2n) is 12.3. The third kappa shape index (κ3) is 4.29. The molecule has 0 fully saturated rings. The molecule has 0 aliphatic carbocycles. The number of hydrogen-bond donors (Lipinski definition) is 1. The molecule has 0 amide bonds. The van der Waals surface area contributed by atoms with Crippen LogP contribution in [0, 0.1) is 0 Å². The average Bonchev–Trinajstić information content (AvgIpc) is 3.69. The minimum atomic E-state index is -0.392. The van der Waals surface area contributed by atoms with Gasteiger partial charge in [-0.05, 0) is 47.2 Å². The first-order valence-corrected chi connectivity index (χ1v) is 17.0. The van der Waals surface area contributed by atoms with Crippen LogP contribution in [-0.2, 0) is 0 Å². The maximum Gasteiger partial charge on any atom is 0.171 e. The van der Waals surface area contributed by atoms with Crippen LogP contribution >= 0.6 is 11.3 Å². The fourth-order valence-electron chi connectivity index (χ4n) is 7.18. The molecule has 0 saturated heterocycles. The van der Waals surface area contributed by atoms with Crippen molar-refractivity contribution in [3.8, 4) is 5.69 Å². The molecule has 1 aliphatic heterocycles. The first kappa shape index (κ1) is 27.1. The van der Waals surface area contributed by atoms with E-state index in [0.717, 1.165) is 34.0 Å². The van der Waals surface area contributed by atoms with Crippen LogP contribution in [0.15, 0.2) is 168 Å². The Morgan fingerprint density at radius 2 is 1.17 bits per heavy atom. The summed E-state index contributed by atoms with van der Waals surface area (Å²) in [6.07, 6.45) is -0.392. The Balaban J connectivity index is 1.16. The molecule has 4 nitrogen and oxygen atoms in total. The Morgan fingerprint density at radius 3 is 2.04 bits per heavy atom. The van der Waals surface area contributed by atoms with Gasteiger partial charge in [-0.1, -0.05) is 121 Å². The number of aromatic nitrogens is 1. The monoisotopic (exact) mass is 632 g/mol. The van der Waals surface area contributed by atoms with Crippen LogP contribution in [0.2, 0.25) is 0 Å². The highest BCUT2D eigenvalue weighted by Crippen LogP contribution is 2.40. The molecular formula is C43H28N4S. The highest BCUT2D eigenvalue weighted by molar-refractivity contribution is 7.26. The van der Waals surface area contributed by atoms with E-state index in [1.54, 1.807) is 0 Å². The van der Waals surface area contributed by atoms with Gasteiger partial charge in [0.25, 0.3) is 0 Å². The van der Waals surface area contributed by atoms with Gasteiger partial charge in [-0.3, -0.25) is 0 Å². The van der Waals surface area contributed by atoms with Gasteiger partial charge in [-0.25, -0.2) is 9.98 Å². The molecule has 0 bridgehead atoms. The van der Waals surface area contributed by atoms with Crippen molar-refractivity contribution in [2.75, 3.05) is 0 Å². The van der Waals surface area contributed by atoms with E-state index in [0.29, 0.717) is 0 Å². The number of nitrogens with one attached hydrogen (secondary N) is 1. The summed E-state index contributed by atoms with van der Waals surface area (Å²) in [5, 5.41) is 11.1. The van der Waals surface area contributed by atoms with Crippen molar-refractivity contribution >= 4 is 75.8 Å². The fourth-order valence-corrected chi connectivity index (χ4v) is 8.41. The highest BCUT2D eigenvalue weighted by atomic mass is 32.1. The molecule has 2 aromatic heterocycles. The summed E-state index contributed by atoms with van der Waals surface area (Å²) in [4.78, 5) is 10.5. The molecule has 3 heterocycles. The summed E-state index contributed by atoms with van der Waals surface area (Å²) < 4.78 is 4.89. The average molecular weight is 633 g/mol. The minimum Gasteiger partial charge on any atom is -0.324 e. The zero-order valence-corrected chi connectivity index (χ0v) is 26.7. The second-order valence-corrected chi connectivity index (χ2v) is 13.3. The van der Waals surface area contributed by atoms with Crippen molar-refractivity contribution in [3.63, 3.8) is 0 Å². The Kier molecular flexibility index (Phi) is 6.08. The number of thiophene rings is 1. The van der Waals surface area contributed by atoms with Crippen molar-refractivity contribution in [3.05, 3.63) is 174 Å². The number of para-hydroxylation sites is 1. The Hall–Kier alpha value is -6.04. The van der Waals surface area contributed by atoms with Crippen LogP contribution in [0.1, 0.15) is 22.9 Å². The number of benzene rings is 7. The summed E-state index contributed by atoms with van der Waals surface area (Å²) in [7, 11) is 0. The molecule has 1 unspecified atom stereocenters. The van der Waals surface area contributed by atoms with Crippen molar-refractivity contribution < 1.29 is 0 Å². The Morgan fingerprint density at radius 1 is 0.500 bits per heavy atom. The zero-order valence-electron chi connectivity index (χ0n) is 25.8. The molecule has 226 valence electrons. The van der Waals surface area contributed by atoms with E-state index in [4.69, 9.17) is 9.98 Å². The van der Waals surface area contributed by atoms with Gasteiger partial charge in [0.05, 0.1) is 11.0 Å². The minimum absolute atomic E-state index is 0.392. The lowest BCUT2D eigenvalue weighted by Gasteiger charge is -2.23. The third-order valence-corrected chi connectivity index (χ3v) is 10.7. The SMILES string of the molecule is c1ccc(C2=NC(c3cccc4c3sc3ccccc34)N=C(c3cccc(-n4c5ccccc5c5cc6ccccc6cc54)c3)N2)cc1. The summed E-state index contributed by atoms with van der Waals surface area (Å²) in [5.41, 5.74) is 6.61. The Bertz CT molecular complexity index is 2770. The molecule has 48 heavy (non-hydrogen) atoms. The largest absolute Gasteiger partial charge is 0.324 e. The Labute approximate surface area is 281 Å². The maximum atomic E-state index is 5.32. The normalized spacial score (nSPS) is 14.9. The van der Waals surface area contributed by atoms with E-state index in [1.165, 1.54) is 52.8 Å². The van der Waals surface area contributed by atoms with Crippen LogP contribution in [0.4, 0.5) is 0 Å². The van der Waals surface area contributed by atoms with E-state index in [-0.39, 0.29) is 0 Å². The second kappa shape index (κ2) is 10.8. The predicted molar refractivity (Wildman–Crippen MR) is 203 cm³/mol. The van der Waals surface area contributed by atoms with Crippen LogP contribution in [0.5, 0.6) is 0 Å². The molecule has 0 spiro atoms. The van der Waals surface area contributed by atoms with Crippen LogP contribution < -0.4 is 5.32 Å². The van der Waals surface area contributed by atoms with Gasteiger partial charge in [-0.2, -0.15) is 0 Å². The van der Waals surface area contributed by atoms with Crippen LogP contribution in [0.25, 0.3) is 58.4 Å². The lowest BCUT2D eigenvalue weighted by atomic mass is 10.1. The van der Waals surface area contributed by atoms with Crippen molar-refractivity contribution in [1.82, 2.24) is 9.88 Å². The molecule has 1 N–H and O–H groups in total. The zero-order chi connectivity index (χ0) is 31.6. The topological polar surface area (TPSA) is 41.7 Å². The molecule has 1 atom stereocenters. The molecule has 7 aromatic carbocycles. The van der Waals surface area contributed by atoms with Gasteiger partial charge in [0.1, 0.15) is 11.7 Å². The van der Waals surface area contributed by atoms with Crippen LogP contribution in [0.3, 0.4) is 0 Å². The van der Waals surface area contributed by atoms with E-state index in [1.807, 2.05) is 17.4 Å². The third-order valence-electron chi connectivity index (χ3n) is 9.42. The van der Waals surface area contributed by atoms with Gasteiger partial charge in [-0.15, -0.1) is 11.3 Å². The standard InChI is InChI=1S/C43H28N4S/c1-2-12-27(13-3-1)41-44-42(46-43(45-41)35-21-11-20-34-33-19-7-9-23-39(33)48-40(34)35)30-16-10-17-31(24-30)47-37-22-8-6-18-32(37)36-25-28-14-4-5-15-29(28)26-38(36)47/h1-26,43H,(H,44,45,46). The summed E-state index contributed by atoms with van der Waals surface area (Å²) in [5.74, 6) is 1.62.